The topological polar surface area (TPSA) is 128 Å². The van der Waals surface area contributed by atoms with Crippen molar-refractivity contribution < 1.29 is 39.9 Å². The van der Waals surface area contributed by atoms with E-state index in [0.717, 1.165) is 41.0 Å². The summed E-state index contributed by atoms with van der Waals surface area (Å²) in [6.45, 7) is -0.0698. The number of amides is 1. The van der Waals surface area contributed by atoms with Gasteiger partial charge in [-0.05, 0) is 48.5 Å². The first-order valence-corrected chi connectivity index (χ1v) is 13.7. The molecule has 0 saturated carbocycles. The van der Waals surface area contributed by atoms with Crippen LogP contribution in [0.4, 0.5) is 32.4 Å². The third-order valence-electron chi connectivity index (χ3n) is 5.96. The zero-order valence-corrected chi connectivity index (χ0v) is 22.4. The molecule has 5 rings (SSSR count). The highest BCUT2D eigenvalue weighted by Crippen LogP contribution is 2.33. The number of fused-ring (bicyclic) bond motifs is 1. The van der Waals surface area contributed by atoms with Crippen LogP contribution in [0.3, 0.4) is 0 Å². The number of halogens is 5. The minimum atomic E-state index is -4.59. The van der Waals surface area contributed by atoms with E-state index in [1.165, 1.54) is 30.5 Å². The van der Waals surface area contributed by atoms with Crippen molar-refractivity contribution in [3.8, 4) is 17.0 Å². The predicted molar refractivity (Wildman–Crippen MR) is 143 cm³/mol. The Hall–Kier alpha value is -4.96. The molecule has 3 heterocycles. The van der Waals surface area contributed by atoms with Gasteiger partial charge in [0.15, 0.2) is 11.4 Å². The molecule has 0 bridgehead atoms. The molecule has 3 aromatic heterocycles. The van der Waals surface area contributed by atoms with E-state index in [-0.39, 0.29) is 39.8 Å². The SMILES string of the molecule is O=C(Nc1cccc(S(=O)(=O)NCc2ccccn2)c1)Oc1cnn2c(C(F)F)cc(-c3ccc(C(F)(F)F)cc3)nc12. The van der Waals surface area contributed by atoms with E-state index in [1.54, 1.807) is 18.2 Å². The lowest BCUT2D eigenvalue weighted by atomic mass is 10.1. The minimum Gasteiger partial charge on any atom is -0.404 e. The molecular formula is C27H19F5N6O4S. The molecule has 222 valence electrons. The van der Waals surface area contributed by atoms with Crippen molar-refractivity contribution in [2.45, 2.75) is 24.0 Å². The van der Waals surface area contributed by atoms with Gasteiger partial charge in [0.25, 0.3) is 6.43 Å². The van der Waals surface area contributed by atoms with Crippen molar-refractivity contribution in [3.63, 3.8) is 0 Å². The van der Waals surface area contributed by atoms with Crippen LogP contribution in [0.25, 0.3) is 16.9 Å². The fourth-order valence-corrected chi connectivity index (χ4v) is 4.95. The van der Waals surface area contributed by atoms with Gasteiger partial charge in [-0.2, -0.15) is 18.3 Å². The van der Waals surface area contributed by atoms with Crippen LogP contribution in [0.2, 0.25) is 0 Å². The summed E-state index contributed by atoms with van der Waals surface area (Å²) < 4.78 is 100. The number of alkyl halides is 5. The van der Waals surface area contributed by atoms with Gasteiger partial charge >= 0.3 is 12.3 Å². The number of carbonyl (C=O) groups is 1. The van der Waals surface area contributed by atoms with E-state index in [4.69, 9.17) is 4.74 Å². The first kappa shape index (κ1) is 29.5. The first-order chi connectivity index (χ1) is 20.4. The third-order valence-corrected chi connectivity index (χ3v) is 7.36. The van der Waals surface area contributed by atoms with Gasteiger partial charge in [0, 0.05) is 17.4 Å². The average Bonchev–Trinajstić information content (AvgIpc) is 3.38. The van der Waals surface area contributed by atoms with Gasteiger partial charge in [-0.3, -0.25) is 10.3 Å². The Labute approximate surface area is 240 Å². The summed E-state index contributed by atoms with van der Waals surface area (Å²) in [5, 5.41) is 6.15. The van der Waals surface area contributed by atoms with Crippen molar-refractivity contribution in [2.75, 3.05) is 5.32 Å². The minimum absolute atomic E-state index is 0.0360. The van der Waals surface area contributed by atoms with Crippen LogP contribution in [0.5, 0.6) is 5.75 Å². The number of nitrogens with one attached hydrogen (secondary N) is 2. The van der Waals surface area contributed by atoms with Gasteiger partial charge < -0.3 is 4.74 Å². The Morgan fingerprint density at radius 1 is 1.00 bits per heavy atom. The second-order valence-electron chi connectivity index (χ2n) is 8.87. The predicted octanol–water partition coefficient (Wildman–Crippen LogP) is 5.84. The van der Waals surface area contributed by atoms with Gasteiger partial charge in [0.1, 0.15) is 5.69 Å². The van der Waals surface area contributed by atoms with Crippen LogP contribution in [-0.4, -0.2) is 34.1 Å². The molecular weight excluding hydrogens is 599 g/mol. The lowest BCUT2D eigenvalue weighted by Gasteiger charge is -2.11. The molecule has 16 heteroatoms. The Kier molecular flexibility index (Phi) is 8.06. The van der Waals surface area contributed by atoms with Crippen molar-refractivity contribution in [1.29, 1.82) is 0 Å². The number of rotatable bonds is 8. The average molecular weight is 619 g/mol. The Balaban J connectivity index is 1.36. The standard InChI is InChI=1S/C27H19F5N6O4S/c28-24(29)22-13-21(16-7-9-17(10-8-16)27(30,31)32)37-25-23(15-34-38(22)25)42-26(39)36-18-5-3-6-20(12-18)43(40,41)35-14-19-4-1-2-11-33-19/h1-13,15,24,35H,14H2,(H,36,39). The fraction of sp³-hybridized carbons (Fsp3) is 0.111. The molecule has 5 aromatic rings. The van der Waals surface area contributed by atoms with Gasteiger partial charge in [-0.25, -0.2) is 36.2 Å². The van der Waals surface area contributed by atoms with Crippen molar-refractivity contribution >= 4 is 27.5 Å². The fourth-order valence-electron chi connectivity index (χ4n) is 3.91. The maximum Gasteiger partial charge on any atom is 0.417 e. The van der Waals surface area contributed by atoms with Crippen LogP contribution >= 0.6 is 0 Å². The lowest BCUT2D eigenvalue weighted by molar-refractivity contribution is -0.137. The van der Waals surface area contributed by atoms with Crippen molar-refractivity contribution in [2.24, 2.45) is 0 Å². The van der Waals surface area contributed by atoms with E-state index in [2.05, 4.69) is 25.1 Å². The smallest absolute Gasteiger partial charge is 0.404 e. The summed E-state index contributed by atoms with van der Waals surface area (Å²) in [6, 6.07) is 15.0. The molecule has 2 N–H and O–H groups in total. The van der Waals surface area contributed by atoms with E-state index < -0.39 is 40.0 Å². The van der Waals surface area contributed by atoms with Crippen molar-refractivity contribution in [1.82, 2.24) is 24.3 Å². The zero-order chi connectivity index (χ0) is 30.8. The molecule has 1 amide bonds. The van der Waals surface area contributed by atoms with Crippen LogP contribution in [-0.2, 0) is 22.7 Å². The maximum absolute atomic E-state index is 13.8. The highest BCUT2D eigenvalue weighted by atomic mass is 32.2. The van der Waals surface area contributed by atoms with Crippen LogP contribution in [0.1, 0.15) is 23.4 Å². The number of benzene rings is 2. The molecule has 0 fully saturated rings. The van der Waals surface area contributed by atoms with Gasteiger partial charge in [-0.15, -0.1) is 0 Å². The number of sulfonamides is 1. The van der Waals surface area contributed by atoms with E-state index in [0.29, 0.717) is 5.69 Å². The normalized spacial score (nSPS) is 12.0. The number of pyridine rings is 1. The second kappa shape index (κ2) is 11.7. The number of hydrogen-bond acceptors (Lipinski definition) is 7. The largest absolute Gasteiger partial charge is 0.417 e. The van der Waals surface area contributed by atoms with Crippen LogP contribution in [0.15, 0.2) is 90.1 Å². The summed E-state index contributed by atoms with van der Waals surface area (Å²) in [7, 11) is -3.99. The highest BCUT2D eigenvalue weighted by Gasteiger charge is 2.30. The summed E-state index contributed by atoms with van der Waals surface area (Å²) in [4.78, 5) is 20.7. The van der Waals surface area contributed by atoms with E-state index in [9.17, 15) is 35.2 Å². The zero-order valence-electron chi connectivity index (χ0n) is 21.6. The number of carbonyl (C=O) groups excluding carboxylic acids is 1. The summed E-state index contributed by atoms with van der Waals surface area (Å²) >= 11 is 0. The van der Waals surface area contributed by atoms with Gasteiger partial charge in [0.05, 0.1) is 34.6 Å². The lowest BCUT2D eigenvalue weighted by Crippen LogP contribution is -2.24. The molecule has 0 aliphatic heterocycles. The third kappa shape index (κ3) is 6.76. The summed E-state index contributed by atoms with van der Waals surface area (Å²) in [5.74, 6) is -0.339. The second-order valence-corrected chi connectivity index (χ2v) is 10.6. The van der Waals surface area contributed by atoms with Gasteiger partial charge in [-0.1, -0.05) is 24.3 Å². The summed E-state index contributed by atoms with van der Waals surface area (Å²) in [6.07, 6.45) is -6.29. The van der Waals surface area contributed by atoms with E-state index >= 15 is 0 Å². The maximum atomic E-state index is 13.8. The van der Waals surface area contributed by atoms with Crippen LogP contribution < -0.4 is 14.8 Å². The number of aromatic nitrogens is 4. The Morgan fingerprint density at radius 2 is 1.77 bits per heavy atom. The molecule has 2 aromatic carbocycles. The molecule has 0 aliphatic carbocycles. The molecule has 10 nitrogen and oxygen atoms in total. The van der Waals surface area contributed by atoms with Gasteiger partial charge in [0.2, 0.25) is 10.0 Å². The molecule has 0 spiro atoms. The molecule has 0 unspecified atom stereocenters. The number of anilines is 1. The highest BCUT2D eigenvalue weighted by molar-refractivity contribution is 7.89. The molecule has 0 atom stereocenters. The quantitative estimate of drug-likeness (QED) is 0.209. The molecule has 0 aliphatic rings. The summed E-state index contributed by atoms with van der Waals surface area (Å²) in [5.41, 5.74) is -1.38. The Bertz CT molecular complexity index is 1880. The molecule has 0 radical (unpaired) electrons. The van der Waals surface area contributed by atoms with E-state index in [1.807, 2.05) is 0 Å². The number of nitrogens with zero attached hydrogens (tertiary/aromatic N) is 4. The number of ether oxygens (including phenoxy) is 1. The molecule has 43 heavy (non-hydrogen) atoms. The van der Waals surface area contributed by atoms with Crippen molar-refractivity contribution in [3.05, 3.63) is 102 Å². The molecule has 0 saturated heterocycles. The van der Waals surface area contributed by atoms with Crippen LogP contribution in [0, 0.1) is 0 Å². The Morgan fingerprint density at radius 3 is 2.44 bits per heavy atom. The monoisotopic (exact) mass is 618 g/mol. The number of hydrogen-bond donors (Lipinski definition) is 2. The first-order valence-electron chi connectivity index (χ1n) is 12.2.